The summed E-state index contributed by atoms with van der Waals surface area (Å²) in [6.45, 7) is 4.44. The molecule has 2 rings (SSSR count). The molecule has 23 heavy (non-hydrogen) atoms. The van der Waals surface area contributed by atoms with Crippen LogP contribution in [0.25, 0.3) is 0 Å². The third-order valence-electron chi connectivity index (χ3n) is 4.09. The van der Waals surface area contributed by atoms with Gasteiger partial charge in [-0.05, 0) is 43.9 Å². The molecule has 0 bridgehead atoms. The van der Waals surface area contributed by atoms with Crippen molar-refractivity contribution < 1.29 is 24.2 Å². The molecule has 0 aliphatic heterocycles. The highest BCUT2D eigenvalue weighted by atomic mass is 16.5. The van der Waals surface area contributed by atoms with Gasteiger partial charge in [0.25, 0.3) is 0 Å². The third kappa shape index (κ3) is 3.57. The van der Waals surface area contributed by atoms with Crippen molar-refractivity contribution in [1.82, 2.24) is 5.32 Å². The first-order valence-electron chi connectivity index (χ1n) is 7.79. The normalized spacial score (nSPS) is 16.3. The van der Waals surface area contributed by atoms with Crippen molar-refractivity contribution in [2.45, 2.75) is 39.2 Å². The molecule has 1 saturated carbocycles. The largest absolute Gasteiger partial charge is 0.493 e. The molecular formula is C17H23NO5. The molecule has 6 nitrogen and oxygen atoms in total. The number of methoxy groups -OCH3 is 1. The van der Waals surface area contributed by atoms with E-state index in [0.29, 0.717) is 30.9 Å². The molecule has 1 fully saturated rings. The molecule has 6 heteroatoms. The number of amides is 1. The Balaban J connectivity index is 2.09. The number of rotatable bonds is 8. The van der Waals surface area contributed by atoms with E-state index in [-0.39, 0.29) is 6.04 Å². The van der Waals surface area contributed by atoms with E-state index in [0.717, 1.165) is 12.0 Å². The van der Waals surface area contributed by atoms with Gasteiger partial charge in [-0.1, -0.05) is 13.0 Å². The molecule has 1 aliphatic carbocycles. The Labute approximate surface area is 135 Å². The van der Waals surface area contributed by atoms with Crippen LogP contribution in [-0.2, 0) is 9.59 Å². The van der Waals surface area contributed by atoms with Crippen molar-refractivity contribution in [3.63, 3.8) is 0 Å². The van der Waals surface area contributed by atoms with E-state index in [1.54, 1.807) is 19.2 Å². The van der Waals surface area contributed by atoms with E-state index < -0.39 is 17.3 Å². The number of benzene rings is 1. The summed E-state index contributed by atoms with van der Waals surface area (Å²) in [5.74, 6) is -0.233. The highest BCUT2D eigenvalue weighted by Crippen LogP contribution is 2.46. The summed E-state index contributed by atoms with van der Waals surface area (Å²) in [6.07, 6.45) is 1.69. The maximum atomic E-state index is 12.2. The molecular weight excluding hydrogens is 298 g/mol. The van der Waals surface area contributed by atoms with Crippen molar-refractivity contribution in [3.05, 3.63) is 23.8 Å². The average Bonchev–Trinajstić information content (AvgIpc) is 3.34. The SMILES string of the molecule is CCCOc1ccc(C(C)NC(=O)C2(C(=O)O)CC2)cc1OC. The van der Waals surface area contributed by atoms with Gasteiger partial charge < -0.3 is 19.9 Å². The van der Waals surface area contributed by atoms with Gasteiger partial charge in [0.05, 0.1) is 19.8 Å². The molecule has 1 aliphatic rings. The van der Waals surface area contributed by atoms with E-state index in [4.69, 9.17) is 14.6 Å². The average molecular weight is 321 g/mol. The van der Waals surface area contributed by atoms with Gasteiger partial charge in [-0.15, -0.1) is 0 Å². The summed E-state index contributed by atoms with van der Waals surface area (Å²) in [5, 5.41) is 11.9. The molecule has 1 unspecified atom stereocenters. The molecule has 0 aromatic heterocycles. The Morgan fingerprint density at radius 2 is 2.04 bits per heavy atom. The molecule has 1 aromatic carbocycles. The fourth-order valence-electron chi connectivity index (χ4n) is 2.37. The lowest BCUT2D eigenvalue weighted by Gasteiger charge is -2.19. The predicted octanol–water partition coefficient (Wildman–Crippen LogP) is 2.53. The van der Waals surface area contributed by atoms with Gasteiger partial charge in [0, 0.05) is 0 Å². The number of hydrogen-bond acceptors (Lipinski definition) is 4. The minimum atomic E-state index is -1.23. The second kappa shape index (κ2) is 6.89. The number of carboxylic acid groups (broad SMARTS) is 1. The number of hydrogen-bond donors (Lipinski definition) is 2. The van der Waals surface area contributed by atoms with Crippen LogP contribution < -0.4 is 14.8 Å². The van der Waals surface area contributed by atoms with Crippen LogP contribution in [0.1, 0.15) is 44.7 Å². The molecule has 1 aromatic rings. The first kappa shape index (κ1) is 17.1. The van der Waals surface area contributed by atoms with E-state index in [2.05, 4.69) is 5.32 Å². The summed E-state index contributed by atoms with van der Waals surface area (Å²) >= 11 is 0. The van der Waals surface area contributed by atoms with Crippen LogP contribution in [0, 0.1) is 5.41 Å². The van der Waals surface area contributed by atoms with Gasteiger partial charge in [0.2, 0.25) is 5.91 Å². The second-order valence-corrected chi connectivity index (χ2v) is 5.84. The number of carbonyl (C=O) groups is 2. The molecule has 0 saturated heterocycles. The summed E-state index contributed by atoms with van der Waals surface area (Å²) in [4.78, 5) is 23.4. The number of carbonyl (C=O) groups excluding carboxylic acids is 1. The maximum Gasteiger partial charge on any atom is 0.319 e. The van der Waals surface area contributed by atoms with Crippen molar-refractivity contribution in [2.24, 2.45) is 5.41 Å². The summed E-state index contributed by atoms with van der Waals surface area (Å²) in [7, 11) is 1.56. The summed E-state index contributed by atoms with van der Waals surface area (Å²) in [6, 6.07) is 5.14. The van der Waals surface area contributed by atoms with E-state index in [1.165, 1.54) is 0 Å². The number of aliphatic carboxylic acids is 1. The van der Waals surface area contributed by atoms with Crippen molar-refractivity contribution in [1.29, 1.82) is 0 Å². The predicted molar refractivity (Wildman–Crippen MR) is 84.6 cm³/mol. The lowest BCUT2D eigenvalue weighted by Crippen LogP contribution is -2.38. The zero-order chi connectivity index (χ0) is 17.0. The highest BCUT2D eigenvalue weighted by molar-refractivity contribution is 6.04. The standard InChI is InChI=1S/C17H23NO5/c1-4-9-23-13-6-5-12(10-14(13)22-3)11(2)18-15(19)17(7-8-17)16(20)21/h5-6,10-11H,4,7-9H2,1-3H3,(H,18,19)(H,20,21). The first-order chi connectivity index (χ1) is 10.9. The van der Waals surface area contributed by atoms with Crippen molar-refractivity contribution in [3.8, 4) is 11.5 Å². The van der Waals surface area contributed by atoms with Gasteiger partial charge in [-0.3, -0.25) is 9.59 Å². The van der Waals surface area contributed by atoms with Crippen molar-refractivity contribution in [2.75, 3.05) is 13.7 Å². The van der Waals surface area contributed by atoms with Crippen molar-refractivity contribution >= 4 is 11.9 Å². The molecule has 2 N–H and O–H groups in total. The first-order valence-corrected chi connectivity index (χ1v) is 7.79. The van der Waals surface area contributed by atoms with Crippen LogP contribution in [0.3, 0.4) is 0 Å². The van der Waals surface area contributed by atoms with Crippen LogP contribution >= 0.6 is 0 Å². The van der Waals surface area contributed by atoms with Crippen LogP contribution in [0.5, 0.6) is 11.5 Å². The highest BCUT2D eigenvalue weighted by Gasteiger charge is 2.57. The summed E-state index contributed by atoms with van der Waals surface area (Å²) in [5.41, 5.74) is -0.400. The lowest BCUT2D eigenvalue weighted by molar-refractivity contribution is -0.149. The fourth-order valence-corrected chi connectivity index (χ4v) is 2.37. The van der Waals surface area contributed by atoms with Gasteiger partial charge in [-0.25, -0.2) is 0 Å². The Hall–Kier alpha value is -2.24. The fraction of sp³-hybridized carbons (Fsp3) is 0.529. The van der Waals surface area contributed by atoms with Crippen LogP contribution in [0.15, 0.2) is 18.2 Å². The minimum absolute atomic E-state index is 0.312. The number of carboxylic acids is 1. The minimum Gasteiger partial charge on any atom is -0.493 e. The van der Waals surface area contributed by atoms with Gasteiger partial charge in [0.1, 0.15) is 5.41 Å². The zero-order valence-corrected chi connectivity index (χ0v) is 13.7. The molecule has 1 atom stereocenters. The quantitative estimate of drug-likeness (QED) is 0.719. The molecule has 126 valence electrons. The second-order valence-electron chi connectivity index (χ2n) is 5.84. The smallest absolute Gasteiger partial charge is 0.319 e. The maximum absolute atomic E-state index is 12.2. The number of nitrogens with one attached hydrogen (secondary N) is 1. The van der Waals surface area contributed by atoms with Gasteiger partial charge in [0.15, 0.2) is 11.5 Å². The Kier molecular flexibility index (Phi) is 5.13. The third-order valence-corrected chi connectivity index (χ3v) is 4.09. The summed E-state index contributed by atoms with van der Waals surface area (Å²) < 4.78 is 10.9. The Morgan fingerprint density at radius 3 is 2.57 bits per heavy atom. The molecule has 0 heterocycles. The van der Waals surface area contributed by atoms with Gasteiger partial charge >= 0.3 is 5.97 Å². The Morgan fingerprint density at radius 1 is 1.35 bits per heavy atom. The molecule has 1 amide bonds. The van der Waals surface area contributed by atoms with Crippen LogP contribution in [0.2, 0.25) is 0 Å². The number of ether oxygens (including phenoxy) is 2. The molecule has 0 radical (unpaired) electrons. The molecule has 0 spiro atoms. The monoisotopic (exact) mass is 321 g/mol. The lowest BCUT2D eigenvalue weighted by atomic mass is 10.0. The van der Waals surface area contributed by atoms with E-state index in [9.17, 15) is 9.59 Å². The van der Waals surface area contributed by atoms with E-state index in [1.807, 2.05) is 19.9 Å². The van der Waals surface area contributed by atoms with Crippen LogP contribution in [0.4, 0.5) is 0 Å². The van der Waals surface area contributed by atoms with Gasteiger partial charge in [-0.2, -0.15) is 0 Å². The zero-order valence-electron chi connectivity index (χ0n) is 13.7. The Bertz CT molecular complexity index is 595. The topological polar surface area (TPSA) is 84.9 Å². The van der Waals surface area contributed by atoms with Crippen LogP contribution in [-0.4, -0.2) is 30.7 Å². The van der Waals surface area contributed by atoms with E-state index >= 15 is 0 Å².